The number of carbonyl (C=O) groups excluding carboxylic acids is 3. The van der Waals surface area contributed by atoms with E-state index in [1.54, 1.807) is 6.92 Å². The van der Waals surface area contributed by atoms with Crippen molar-refractivity contribution in [3.8, 4) is 0 Å². The number of nitrogens with one attached hydrogen (secondary N) is 1. The zero-order valence-corrected chi connectivity index (χ0v) is 17.2. The van der Waals surface area contributed by atoms with Crippen molar-refractivity contribution in [2.45, 2.75) is 51.6 Å². The van der Waals surface area contributed by atoms with Crippen molar-refractivity contribution in [3.05, 3.63) is 0 Å². The highest BCUT2D eigenvalue weighted by Gasteiger charge is 2.42. The Labute approximate surface area is 165 Å². The van der Waals surface area contributed by atoms with Gasteiger partial charge in [0.2, 0.25) is 11.8 Å². The molecule has 2 aliphatic rings. The van der Waals surface area contributed by atoms with Gasteiger partial charge in [-0.25, -0.2) is 4.31 Å². The van der Waals surface area contributed by atoms with Gasteiger partial charge in [0.05, 0.1) is 19.8 Å². The van der Waals surface area contributed by atoms with E-state index in [1.807, 2.05) is 6.92 Å². The standard InChI is InChI=1S/C17H30N4O6S/c1-12(17(18)24)3-6-16(23)21(14-5-4-13(2)19-11-15(14)22)28(25,26)20-7-9-27-10-8-20/h12-14,19H,3-11H2,1-2H3,(H2,18,24)/t12-,13+,14-/m0/s1. The molecule has 2 saturated heterocycles. The number of hydrogen-bond donors (Lipinski definition) is 2. The lowest BCUT2D eigenvalue weighted by Gasteiger charge is -2.35. The lowest BCUT2D eigenvalue weighted by molar-refractivity contribution is -0.134. The van der Waals surface area contributed by atoms with Gasteiger partial charge in [-0.3, -0.25) is 14.4 Å². The monoisotopic (exact) mass is 418 g/mol. The minimum Gasteiger partial charge on any atom is -0.379 e. The van der Waals surface area contributed by atoms with Crippen LogP contribution in [0.15, 0.2) is 0 Å². The Morgan fingerprint density at radius 2 is 1.96 bits per heavy atom. The smallest absolute Gasteiger partial charge is 0.307 e. The van der Waals surface area contributed by atoms with Gasteiger partial charge in [-0.15, -0.1) is 0 Å². The molecular formula is C17H30N4O6S. The number of carbonyl (C=O) groups is 3. The number of Topliss-reactive ketones (excluding diaryl/α,β-unsaturated/α-hetero) is 1. The fourth-order valence-electron chi connectivity index (χ4n) is 3.27. The van der Waals surface area contributed by atoms with E-state index in [4.69, 9.17) is 10.5 Å². The lowest BCUT2D eigenvalue weighted by atomic mass is 10.0. The number of ketones is 1. The molecule has 2 fully saturated rings. The molecule has 2 rings (SSSR count). The summed E-state index contributed by atoms with van der Waals surface area (Å²) in [6.45, 7) is 4.21. The third-order valence-electron chi connectivity index (χ3n) is 5.22. The Balaban J connectivity index is 2.29. The number of amides is 2. The average molecular weight is 419 g/mol. The Kier molecular flexibility index (Phi) is 7.93. The highest BCUT2D eigenvalue weighted by molar-refractivity contribution is 7.87. The molecule has 11 heteroatoms. The van der Waals surface area contributed by atoms with E-state index in [0.717, 1.165) is 4.31 Å². The first-order chi connectivity index (χ1) is 13.1. The molecule has 0 spiro atoms. The average Bonchev–Trinajstić information content (AvgIpc) is 2.82. The molecule has 160 valence electrons. The van der Waals surface area contributed by atoms with Crippen LogP contribution in [0.25, 0.3) is 0 Å². The van der Waals surface area contributed by atoms with Gasteiger partial charge in [0.25, 0.3) is 0 Å². The van der Waals surface area contributed by atoms with Gasteiger partial charge in [-0.05, 0) is 26.2 Å². The lowest BCUT2D eigenvalue weighted by Crippen LogP contribution is -2.56. The summed E-state index contributed by atoms with van der Waals surface area (Å²) < 4.78 is 33.6. The summed E-state index contributed by atoms with van der Waals surface area (Å²) in [5, 5.41) is 3.04. The maximum atomic E-state index is 13.3. The van der Waals surface area contributed by atoms with Crippen molar-refractivity contribution < 1.29 is 27.5 Å². The van der Waals surface area contributed by atoms with Gasteiger partial charge in [-0.2, -0.15) is 12.7 Å². The van der Waals surface area contributed by atoms with E-state index in [-0.39, 0.29) is 63.9 Å². The summed E-state index contributed by atoms with van der Waals surface area (Å²) in [6, 6.07) is -1.01. The molecular weight excluding hydrogens is 388 g/mol. The molecule has 2 heterocycles. The largest absolute Gasteiger partial charge is 0.379 e. The van der Waals surface area contributed by atoms with Crippen molar-refractivity contribution in [1.29, 1.82) is 0 Å². The molecule has 0 saturated carbocycles. The summed E-state index contributed by atoms with van der Waals surface area (Å²) >= 11 is 0. The van der Waals surface area contributed by atoms with Crippen LogP contribution < -0.4 is 11.1 Å². The second-order valence-corrected chi connectivity index (χ2v) is 9.20. The summed E-state index contributed by atoms with van der Waals surface area (Å²) in [5.74, 6) is -2.15. The first-order valence-electron chi connectivity index (χ1n) is 9.60. The van der Waals surface area contributed by atoms with Crippen LogP contribution in [0.3, 0.4) is 0 Å². The van der Waals surface area contributed by atoms with Crippen molar-refractivity contribution in [2.75, 3.05) is 32.8 Å². The molecule has 0 unspecified atom stereocenters. The first-order valence-corrected chi connectivity index (χ1v) is 11.0. The van der Waals surface area contributed by atoms with Crippen molar-refractivity contribution >= 4 is 27.8 Å². The quantitative estimate of drug-likeness (QED) is 0.541. The number of hydrogen-bond acceptors (Lipinski definition) is 7. The second kappa shape index (κ2) is 9.77. The van der Waals surface area contributed by atoms with E-state index in [9.17, 15) is 22.8 Å². The molecule has 3 N–H and O–H groups in total. The summed E-state index contributed by atoms with van der Waals surface area (Å²) in [4.78, 5) is 36.9. The molecule has 2 aliphatic heterocycles. The van der Waals surface area contributed by atoms with Crippen molar-refractivity contribution in [1.82, 2.24) is 13.9 Å². The Morgan fingerprint density at radius 1 is 1.32 bits per heavy atom. The Bertz CT molecular complexity index is 692. The Morgan fingerprint density at radius 3 is 2.57 bits per heavy atom. The van der Waals surface area contributed by atoms with Crippen LogP contribution in [-0.2, 0) is 29.3 Å². The fraction of sp³-hybridized carbons (Fsp3) is 0.824. The SMILES string of the molecule is C[C@@H]1CC[C@H](N(C(=O)CC[C@H](C)C(N)=O)S(=O)(=O)N2CCOCC2)C(=O)CN1. The van der Waals surface area contributed by atoms with Gasteiger partial charge in [0.15, 0.2) is 5.78 Å². The first kappa shape index (κ1) is 22.7. The third-order valence-corrected chi connectivity index (χ3v) is 7.19. The molecule has 0 aliphatic carbocycles. The highest BCUT2D eigenvalue weighted by Crippen LogP contribution is 2.23. The maximum Gasteiger partial charge on any atom is 0.307 e. The summed E-state index contributed by atoms with van der Waals surface area (Å²) in [6.07, 6.45) is 0.767. The molecule has 0 aromatic rings. The van der Waals surface area contributed by atoms with E-state index >= 15 is 0 Å². The molecule has 10 nitrogen and oxygen atoms in total. The fourth-order valence-corrected chi connectivity index (χ4v) is 5.02. The molecule has 0 radical (unpaired) electrons. The van der Waals surface area contributed by atoms with E-state index in [2.05, 4.69) is 5.32 Å². The minimum atomic E-state index is -4.19. The van der Waals surface area contributed by atoms with E-state index in [0.29, 0.717) is 6.42 Å². The van der Waals surface area contributed by atoms with Crippen LogP contribution in [0.1, 0.15) is 39.5 Å². The number of nitrogens with two attached hydrogens (primary N) is 1. The van der Waals surface area contributed by atoms with Crippen molar-refractivity contribution in [2.24, 2.45) is 11.7 Å². The topological polar surface area (TPSA) is 139 Å². The highest BCUT2D eigenvalue weighted by atomic mass is 32.2. The number of primary amides is 1. The van der Waals surface area contributed by atoms with Crippen LogP contribution in [0.5, 0.6) is 0 Å². The summed E-state index contributed by atoms with van der Waals surface area (Å²) in [7, 11) is -4.19. The van der Waals surface area contributed by atoms with Crippen LogP contribution in [0.4, 0.5) is 0 Å². The van der Waals surface area contributed by atoms with Crippen LogP contribution in [0.2, 0.25) is 0 Å². The normalized spacial score (nSPS) is 25.7. The van der Waals surface area contributed by atoms with Crippen LogP contribution in [0, 0.1) is 5.92 Å². The number of nitrogens with zero attached hydrogens (tertiary/aromatic N) is 2. The van der Waals surface area contributed by atoms with Gasteiger partial charge in [-0.1, -0.05) is 6.92 Å². The second-order valence-electron chi connectivity index (χ2n) is 7.39. The number of morpholine rings is 1. The third kappa shape index (κ3) is 5.49. The minimum absolute atomic E-state index is 0.00589. The van der Waals surface area contributed by atoms with Gasteiger partial charge < -0.3 is 15.8 Å². The zero-order valence-electron chi connectivity index (χ0n) is 16.4. The molecule has 2 amide bonds. The maximum absolute atomic E-state index is 13.3. The predicted molar refractivity (Wildman–Crippen MR) is 101 cm³/mol. The van der Waals surface area contributed by atoms with E-state index < -0.39 is 34.0 Å². The molecule has 0 bridgehead atoms. The van der Waals surface area contributed by atoms with Gasteiger partial charge >= 0.3 is 10.2 Å². The molecule has 0 aromatic heterocycles. The van der Waals surface area contributed by atoms with Gasteiger partial charge in [0.1, 0.15) is 6.04 Å². The van der Waals surface area contributed by atoms with Crippen LogP contribution >= 0.6 is 0 Å². The van der Waals surface area contributed by atoms with Crippen LogP contribution in [-0.4, -0.2) is 79.6 Å². The summed E-state index contributed by atoms with van der Waals surface area (Å²) in [5.41, 5.74) is 5.24. The molecule has 28 heavy (non-hydrogen) atoms. The molecule has 3 atom stereocenters. The van der Waals surface area contributed by atoms with E-state index in [1.165, 1.54) is 4.31 Å². The molecule has 0 aromatic carbocycles. The van der Waals surface area contributed by atoms with Crippen molar-refractivity contribution in [3.63, 3.8) is 0 Å². The number of ether oxygens (including phenoxy) is 1. The zero-order chi connectivity index (χ0) is 20.9. The predicted octanol–water partition coefficient (Wildman–Crippen LogP) is -0.997. The Hall–Kier alpha value is -1.56. The van der Waals surface area contributed by atoms with Gasteiger partial charge in [0, 0.05) is 31.5 Å². The number of rotatable bonds is 7.